The van der Waals surface area contributed by atoms with Gasteiger partial charge in [0.05, 0.1) is 38.2 Å². The van der Waals surface area contributed by atoms with Crippen LogP contribution in [0.4, 0.5) is 0 Å². The lowest BCUT2D eigenvalue weighted by molar-refractivity contribution is -0.224. The van der Waals surface area contributed by atoms with Crippen molar-refractivity contribution in [2.24, 2.45) is 5.41 Å². The Balaban J connectivity index is 1.48. The van der Waals surface area contributed by atoms with E-state index in [1.165, 1.54) is 18.2 Å². The molecule has 16 heteroatoms. The smallest absolute Gasteiger partial charge is 0.327 e. The van der Waals surface area contributed by atoms with Crippen LogP contribution in [-0.2, 0) is 54.2 Å². The van der Waals surface area contributed by atoms with E-state index in [0.717, 1.165) is 49.7 Å². The molecule has 0 unspecified atom stereocenters. The lowest BCUT2D eigenvalue weighted by Gasteiger charge is -2.49. The number of nitrogens with one attached hydrogen (secondary N) is 2. The van der Waals surface area contributed by atoms with Crippen LogP contribution in [0.1, 0.15) is 123 Å². The van der Waals surface area contributed by atoms with Crippen LogP contribution in [0.25, 0.3) is 6.08 Å². The number of hydroxylamine groups is 2. The Kier molecular flexibility index (Phi) is 16.6. The summed E-state index contributed by atoms with van der Waals surface area (Å²) in [5.74, 6) is -3.68. The van der Waals surface area contributed by atoms with E-state index in [1.54, 1.807) is 26.8 Å². The Morgan fingerprint density at radius 2 is 1.70 bits per heavy atom. The minimum Gasteiger partial charge on any atom is -0.499 e. The highest BCUT2D eigenvalue weighted by atomic mass is 16.8. The van der Waals surface area contributed by atoms with Gasteiger partial charge in [0.15, 0.2) is 11.8 Å². The fourth-order valence-electron chi connectivity index (χ4n) is 8.81. The van der Waals surface area contributed by atoms with E-state index in [2.05, 4.69) is 24.5 Å². The number of carbonyl (C=O) groups is 4. The second kappa shape index (κ2) is 21.0. The number of benzene rings is 1. The number of rotatable bonds is 23. The first-order chi connectivity index (χ1) is 28.6. The number of hydrogen-bond acceptors (Lipinski definition) is 14. The topological polar surface area (TPSA) is 212 Å². The third kappa shape index (κ3) is 11.0. The van der Waals surface area contributed by atoms with Gasteiger partial charge in [-0.25, -0.2) is 0 Å². The molecule has 1 aromatic rings. The predicted octanol–water partition coefficient (Wildman–Crippen LogP) is 3.57. The number of carbonyl (C=O) groups excluding carboxylic acids is 4. The van der Waals surface area contributed by atoms with Crippen molar-refractivity contribution in [1.82, 2.24) is 15.7 Å². The van der Waals surface area contributed by atoms with Crippen LogP contribution in [0.15, 0.2) is 30.5 Å². The van der Waals surface area contributed by atoms with Gasteiger partial charge >= 0.3 is 11.9 Å². The van der Waals surface area contributed by atoms with Crippen molar-refractivity contribution in [2.75, 3.05) is 19.8 Å². The van der Waals surface area contributed by atoms with Crippen molar-refractivity contribution in [2.45, 2.75) is 179 Å². The summed E-state index contributed by atoms with van der Waals surface area (Å²) >= 11 is 0. The molecule has 1 aliphatic carbocycles. The van der Waals surface area contributed by atoms with E-state index >= 15 is 4.79 Å². The maximum Gasteiger partial charge on any atom is 0.327 e. The monoisotopic (exact) mass is 845 g/mol. The van der Waals surface area contributed by atoms with Crippen molar-refractivity contribution in [1.29, 1.82) is 0 Å². The van der Waals surface area contributed by atoms with Crippen molar-refractivity contribution in [3.8, 4) is 0 Å². The highest BCUT2D eigenvalue weighted by molar-refractivity contribution is 5.96. The third-order valence-electron chi connectivity index (χ3n) is 11.7. The molecule has 0 radical (unpaired) electrons. The second-order valence-corrected chi connectivity index (χ2v) is 17.5. The lowest BCUT2D eigenvalue weighted by Crippen LogP contribution is -2.71. The van der Waals surface area contributed by atoms with Crippen LogP contribution in [0, 0.1) is 5.41 Å². The molecule has 1 saturated carbocycles. The Hall–Kier alpha value is -3.64. The van der Waals surface area contributed by atoms with E-state index < -0.39 is 95.8 Å². The Bertz CT molecular complexity index is 1640. The van der Waals surface area contributed by atoms with Crippen LogP contribution in [0.2, 0.25) is 0 Å². The molecule has 1 aromatic carbocycles. The summed E-state index contributed by atoms with van der Waals surface area (Å²) < 4.78 is 30.7. The maximum absolute atomic E-state index is 15.1. The number of amides is 2. The molecule has 0 spiro atoms. The molecule has 0 aromatic heterocycles. The number of aliphatic hydroxyl groups excluding tert-OH is 3. The molecule has 2 amide bonds. The van der Waals surface area contributed by atoms with E-state index in [0.29, 0.717) is 12.8 Å². The Morgan fingerprint density at radius 3 is 2.33 bits per heavy atom. The summed E-state index contributed by atoms with van der Waals surface area (Å²) in [6.07, 6.45) is 5.13. The van der Waals surface area contributed by atoms with Gasteiger partial charge < -0.3 is 49.6 Å². The van der Waals surface area contributed by atoms with E-state index in [1.807, 2.05) is 24.3 Å². The first kappa shape index (κ1) is 47.4. The summed E-state index contributed by atoms with van der Waals surface area (Å²) in [6.45, 7) is 10.3. The predicted molar refractivity (Wildman–Crippen MR) is 218 cm³/mol. The summed E-state index contributed by atoms with van der Waals surface area (Å²) in [6, 6.07) is 3.72. The van der Waals surface area contributed by atoms with Crippen molar-refractivity contribution >= 4 is 29.8 Å². The highest BCUT2D eigenvalue weighted by Crippen LogP contribution is 2.58. The molecular weight excluding hydrogens is 778 g/mol. The molecule has 3 aliphatic heterocycles. The summed E-state index contributed by atoms with van der Waals surface area (Å²) in [5, 5.41) is 37.1. The minimum absolute atomic E-state index is 0.000778. The number of hydrogen-bond donors (Lipinski definition) is 5. The van der Waals surface area contributed by atoms with Gasteiger partial charge in [-0.3, -0.25) is 24.0 Å². The van der Waals surface area contributed by atoms with Gasteiger partial charge in [-0.05, 0) is 64.2 Å². The molecule has 5 N–H and O–H groups in total. The van der Waals surface area contributed by atoms with Crippen molar-refractivity contribution < 1.29 is 63.0 Å². The molecule has 16 nitrogen and oxygen atoms in total. The number of nitrogens with zero attached hydrogens (tertiary/aromatic N) is 1. The van der Waals surface area contributed by atoms with Gasteiger partial charge in [0.25, 0.3) is 0 Å². The molecule has 60 heavy (non-hydrogen) atoms. The highest BCUT2D eigenvalue weighted by Gasteiger charge is 2.76. The number of aliphatic hydroxyl groups is 3. The molecule has 336 valence electrons. The molecule has 2 bridgehead atoms. The van der Waals surface area contributed by atoms with Crippen LogP contribution >= 0.6 is 0 Å². The summed E-state index contributed by atoms with van der Waals surface area (Å²) in [5.41, 5.74) is -0.880. The zero-order chi connectivity index (χ0) is 43.7. The van der Waals surface area contributed by atoms with Gasteiger partial charge in [-0.15, -0.1) is 0 Å². The van der Waals surface area contributed by atoms with Gasteiger partial charge in [0.2, 0.25) is 11.8 Å². The summed E-state index contributed by atoms with van der Waals surface area (Å²) in [7, 11) is 0. The minimum atomic E-state index is -1.65. The Labute approximate surface area is 353 Å². The zero-order valence-electron chi connectivity index (χ0n) is 36.1. The van der Waals surface area contributed by atoms with Crippen molar-refractivity contribution in [3.63, 3.8) is 0 Å². The first-order valence-electron chi connectivity index (χ1n) is 21.7. The molecule has 4 aliphatic rings. The fourth-order valence-corrected chi connectivity index (χ4v) is 8.81. The van der Waals surface area contributed by atoms with Gasteiger partial charge in [0.1, 0.15) is 48.1 Å². The van der Waals surface area contributed by atoms with E-state index in [4.69, 9.17) is 33.6 Å². The molecule has 3 heterocycles. The number of ether oxygens (including phenoxy) is 5. The van der Waals surface area contributed by atoms with Gasteiger partial charge in [-0.1, -0.05) is 63.8 Å². The van der Waals surface area contributed by atoms with Crippen molar-refractivity contribution in [3.05, 3.63) is 41.7 Å². The molecule has 9 atom stereocenters. The second-order valence-electron chi connectivity index (χ2n) is 17.5. The number of esters is 2. The van der Waals surface area contributed by atoms with Crippen LogP contribution in [-0.4, -0.2) is 124 Å². The largest absolute Gasteiger partial charge is 0.499 e. The molecule has 5 rings (SSSR count). The van der Waals surface area contributed by atoms with Gasteiger partial charge in [-0.2, -0.15) is 5.06 Å². The van der Waals surface area contributed by atoms with E-state index in [9.17, 15) is 24.6 Å². The number of fused-ring (bicyclic) bond motifs is 4. The number of unbranched alkanes of at least 4 members (excludes halogenated alkanes) is 4. The van der Waals surface area contributed by atoms with E-state index in [-0.39, 0.29) is 39.0 Å². The average Bonchev–Trinajstić information content (AvgIpc) is 3.75. The molecule has 3 saturated heterocycles. The standard InChI is InChI=1S/C44H67N3O13/c1-7-9-13-20-43(21-14-10-8-2)58-35-32-25-44(41(54)46-34(28(3)50)39(52)45-31(27-49)17-18-33(51)57-42(4,5)6)37(40(53)56-32)47(60-38(44)36(35)59-43)26-30-16-12-11-15-29(30)19-23-55-24-22-48/h11-12,15-16,19,23,28,31-32,34-38,48-50H,7-10,13-14,17-18,20-22,24-27H2,1-6H3,(H,45,52)(H,46,54)/t28-,31-,32+,34+,35-,36-,37+,38+,44+/m0/s1. The quantitative estimate of drug-likeness (QED) is 0.0606. The third-order valence-corrected chi connectivity index (χ3v) is 11.7. The van der Waals surface area contributed by atoms with Crippen LogP contribution in [0.5, 0.6) is 0 Å². The zero-order valence-corrected chi connectivity index (χ0v) is 36.1. The lowest BCUT2D eigenvalue weighted by atomic mass is 9.62. The van der Waals surface area contributed by atoms with Crippen LogP contribution in [0.3, 0.4) is 0 Å². The van der Waals surface area contributed by atoms with Crippen LogP contribution < -0.4 is 10.6 Å². The molecule has 4 fully saturated rings. The normalized spacial score (nSPS) is 27.1. The molecular formula is C44H67N3O13. The Morgan fingerprint density at radius 1 is 1.02 bits per heavy atom. The average molecular weight is 846 g/mol. The SMILES string of the molecule is CCCCCC1(CCCCC)O[C@@H]2[C@H](O1)[C@H]1ON(Cc3ccccc3C=COCCO)[C@@H]3C(=O)O[C@@H]2C[C@]13C(=O)N[C@@H](C(=O)N[C@H](CO)CCC(=O)OC(C)(C)C)[C@H](C)O. The summed E-state index contributed by atoms with van der Waals surface area (Å²) in [4.78, 5) is 62.5. The van der Waals surface area contributed by atoms with Gasteiger partial charge in [0, 0.05) is 25.7 Å². The fraction of sp³-hybridized carbons (Fsp3) is 0.727. The maximum atomic E-state index is 15.1. The first-order valence-corrected chi connectivity index (χ1v) is 21.7.